The summed E-state index contributed by atoms with van der Waals surface area (Å²) in [5.41, 5.74) is 5.61. The number of thiophene rings is 1. The molecule has 1 rings (SSSR count). The number of ketones is 1. The summed E-state index contributed by atoms with van der Waals surface area (Å²) in [5.74, 6) is 1.05. The van der Waals surface area contributed by atoms with E-state index in [1.165, 1.54) is 17.7 Å². The zero-order valence-corrected chi connectivity index (χ0v) is 12.2. The SMILES string of the molecule is CCCC(CCN)CCC(=O)CCc1cccs1. The van der Waals surface area contributed by atoms with Gasteiger partial charge in [-0.05, 0) is 43.2 Å². The van der Waals surface area contributed by atoms with E-state index in [9.17, 15) is 4.79 Å². The summed E-state index contributed by atoms with van der Waals surface area (Å²) in [6.45, 7) is 2.94. The Hall–Kier alpha value is -0.670. The number of rotatable bonds is 10. The van der Waals surface area contributed by atoms with E-state index < -0.39 is 0 Å². The fourth-order valence-corrected chi connectivity index (χ4v) is 2.99. The molecule has 2 nitrogen and oxygen atoms in total. The number of hydrogen-bond donors (Lipinski definition) is 1. The standard InChI is InChI=1S/C15H25NOS/c1-2-4-13(10-11-16)6-7-14(17)8-9-15-5-3-12-18-15/h3,5,12-13H,2,4,6-11,16H2,1H3. The van der Waals surface area contributed by atoms with E-state index in [2.05, 4.69) is 18.4 Å². The van der Waals surface area contributed by atoms with Crippen molar-refractivity contribution in [2.24, 2.45) is 11.7 Å². The third kappa shape index (κ3) is 6.31. The lowest BCUT2D eigenvalue weighted by Crippen LogP contribution is -2.11. The van der Waals surface area contributed by atoms with Gasteiger partial charge in [0.15, 0.2) is 0 Å². The minimum atomic E-state index is 0.404. The fourth-order valence-electron chi connectivity index (χ4n) is 2.28. The second-order valence-electron chi connectivity index (χ2n) is 4.89. The number of Topliss-reactive ketones (excluding diaryl/α,β-unsaturated/α-hetero) is 1. The molecule has 1 aromatic heterocycles. The smallest absolute Gasteiger partial charge is 0.133 e. The molecule has 102 valence electrons. The van der Waals surface area contributed by atoms with Gasteiger partial charge in [0.05, 0.1) is 0 Å². The highest BCUT2D eigenvalue weighted by Crippen LogP contribution is 2.18. The number of aryl methyl sites for hydroxylation is 1. The highest BCUT2D eigenvalue weighted by Gasteiger charge is 2.10. The third-order valence-electron chi connectivity index (χ3n) is 3.33. The molecule has 0 bridgehead atoms. The molecule has 0 saturated carbocycles. The van der Waals surface area contributed by atoms with Gasteiger partial charge in [-0.1, -0.05) is 25.8 Å². The Morgan fingerprint density at radius 1 is 1.33 bits per heavy atom. The van der Waals surface area contributed by atoms with E-state index in [1.54, 1.807) is 11.3 Å². The normalized spacial score (nSPS) is 12.6. The van der Waals surface area contributed by atoms with Gasteiger partial charge in [-0.25, -0.2) is 0 Å². The van der Waals surface area contributed by atoms with E-state index in [-0.39, 0.29) is 0 Å². The molecular weight excluding hydrogens is 242 g/mol. The summed E-state index contributed by atoms with van der Waals surface area (Å²) >= 11 is 1.74. The summed E-state index contributed by atoms with van der Waals surface area (Å²) in [6, 6.07) is 4.15. The summed E-state index contributed by atoms with van der Waals surface area (Å²) in [7, 11) is 0. The molecule has 0 fully saturated rings. The maximum Gasteiger partial charge on any atom is 0.133 e. The highest BCUT2D eigenvalue weighted by molar-refractivity contribution is 7.09. The van der Waals surface area contributed by atoms with Crippen LogP contribution in [-0.2, 0) is 11.2 Å². The molecule has 1 atom stereocenters. The molecule has 0 aliphatic carbocycles. The Morgan fingerprint density at radius 2 is 2.17 bits per heavy atom. The van der Waals surface area contributed by atoms with Crippen LogP contribution in [-0.4, -0.2) is 12.3 Å². The summed E-state index contributed by atoms with van der Waals surface area (Å²) in [6.07, 6.45) is 6.81. The predicted molar refractivity (Wildman–Crippen MR) is 79.0 cm³/mol. The van der Waals surface area contributed by atoms with Crippen LogP contribution in [0.3, 0.4) is 0 Å². The molecule has 0 saturated heterocycles. The van der Waals surface area contributed by atoms with E-state index in [4.69, 9.17) is 5.73 Å². The summed E-state index contributed by atoms with van der Waals surface area (Å²) in [4.78, 5) is 13.1. The first kappa shape index (κ1) is 15.4. The lowest BCUT2D eigenvalue weighted by atomic mass is 9.93. The maximum absolute atomic E-state index is 11.8. The van der Waals surface area contributed by atoms with Gasteiger partial charge in [-0.15, -0.1) is 11.3 Å². The van der Waals surface area contributed by atoms with E-state index in [1.807, 2.05) is 6.07 Å². The molecule has 18 heavy (non-hydrogen) atoms. The van der Waals surface area contributed by atoms with E-state index in [0.29, 0.717) is 18.1 Å². The predicted octanol–water partition coefficient (Wildman–Crippen LogP) is 3.80. The van der Waals surface area contributed by atoms with Crippen molar-refractivity contribution in [3.8, 4) is 0 Å². The molecule has 0 radical (unpaired) electrons. The van der Waals surface area contributed by atoms with Crippen molar-refractivity contribution < 1.29 is 4.79 Å². The molecule has 0 amide bonds. The highest BCUT2D eigenvalue weighted by atomic mass is 32.1. The number of carbonyl (C=O) groups is 1. The van der Waals surface area contributed by atoms with Crippen molar-refractivity contribution in [2.75, 3.05) is 6.54 Å². The summed E-state index contributed by atoms with van der Waals surface area (Å²) in [5, 5.41) is 2.07. The number of nitrogens with two attached hydrogens (primary N) is 1. The van der Waals surface area contributed by atoms with Crippen molar-refractivity contribution in [3.63, 3.8) is 0 Å². The van der Waals surface area contributed by atoms with Crippen molar-refractivity contribution in [1.29, 1.82) is 0 Å². The molecule has 1 heterocycles. The number of carbonyl (C=O) groups excluding carboxylic acids is 1. The first-order valence-corrected chi connectivity index (χ1v) is 7.88. The Kier molecular flexibility index (Phi) is 7.94. The average molecular weight is 267 g/mol. The first-order valence-electron chi connectivity index (χ1n) is 7.00. The Bertz CT molecular complexity index is 315. The van der Waals surface area contributed by atoms with Crippen LogP contribution in [0.5, 0.6) is 0 Å². The molecular formula is C15H25NOS. The van der Waals surface area contributed by atoms with Crippen molar-refractivity contribution >= 4 is 17.1 Å². The van der Waals surface area contributed by atoms with Crippen LogP contribution < -0.4 is 5.73 Å². The lowest BCUT2D eigenvalue weighted by Gasteiger charge is -2.14. The van der Waals surface area contributed by atoms with E-state index in [0.717, 1.165) is 32.2 Å². The Labute approximate surface area is 115 Å². The molecule has 0 spiro atoms. The van der Waals surface area contributed by atoms with Gasteiger partial charge in [-0.2, -0.15) is 0 Å². The molecule has 0 aliphatic heterocycles. The lowest BCUT2D eigenvalue weighted by molar-refractivity contribution is -0.119. The van der Waals surface area contributed by atoms with Crippen molar-refractivity contribution in [2.45, 2.75) is 51.9 Å². The van der Waals surface area contributed by atoms with Gasteiger partial charge in [0.1, 0.15) is 5.78 Å². The Morgan fingerprint density at radius 3 is 2.78 bits per heavy atom. The third-order valence-corrected chi connectivity index (χ3v) is 4.27. The zero-order chi connectivity index (χ0) is 13.2. The molecule has 3 heteroatoms. The molecule has 1 unspecified atom stereocenters. The fraction of sp³-hybridized carbons (Fsp3) is 0.667. The second kappa shape index (κ2) is 9.29. The molecule has 1 aromatic rings. The van der Waals surface area contributed by atoms with Gasteiger partial charge in [-0.3, -0.25) is 4.79 Å². The van der Waals surface area contributed by atoms with Crippen LogP contribution in [0, 0.1) is 5.92 Å². The number of hydrogen-bond acceptors (Lipinski definition) is 3. The summed E-state index contributed by atoms with van der Waals surface area (Å²) < 4.78 is 0. The van der Waals surface area contributed by atoms with Crippen LogP contribution in [0.25, 0.3) is 0 Å². The largest absolute Gasteiger partial charge is 0.330 e. The molecule has 0 aliphatic rings. The van der Waals surface area contributed by atoms with Crippen molar-refractivity contribution in [3.05, 3.63) is 22.4 Å². The van der Waals surface area contributed by atoms with E-state index >= 15 is 0 Å². The van der Waals surface area contributed by atoms with Crippen LogP contribution in [0.4, 0.5) is 0 Å². The van der Waals surface area contributed by atoms with Gasteiger partial charge in [0.2, 0.25) is 0 Å². The Balaban J connectivity index is 2.18. The van der Waals surface area contributed by atoms with Gasteiger partial charge in [0.25, 0.3) is 0 Å². The van der Waals surface area contributed by atoms with Crippen LogP contribution >= 0.6 is 11.3 Å². The topological polar surface area (TPSA) is 43.1 Å². The average Bonchev–Trinajstić information content (AvgIpc) is 2.87. The quantitative estimate of drug-likeness (QED) is 0.701. The second-order valence-corrected chi connectivity index (χ2v) is 5.92. The zero-order valence-electron chi connectivity index (χ0n) is 11.4. The molecule has 2 N–H and O–H groups in total. The van der Waals surface area contributed by atoms with Gasteiger partial charge >= 0.3 is 0 Å². The molecule has 0 aromatic carbocycles. The van der Waals surface area contributed by atoms with Crippen LogP contribution in [0.2, 0.25) is 0 Å². The minimum absolute atomic E-state index is 0.404. The monoisotopic (exact) mass is 267 g/mol. The van der Waals surface area contributed by atoms with Crippen molar-refractivity contribution in [1.82, 2.24) is 0 Å². The maximum atomic E-state index is 11.8. The van der Waals surface area contributed by atoms with Crippen LogP contribution in [0.1, 0.15) is 50.3 Å². The van der Waals surface area contributed by atoms with Crippen LogP contribution in [0.15, 0.2) is 17.5 Å². The van der Waals surface area contributed by atoms with Gasteiger partial charge in [0, 0.05) is 17.7 Å². The minimum Gasteiger partial charge on any atom is -0.330 e. The first-order chi connectivity index (χ1) is 8.76. The van der Waals surface area contributed by atoms with Gasteiger partial charge < -0.3 is 5.73 Å².